The Bertz CT molecular complexity index is 637. The van der Waals surface area contributed by atoms with Gasteiger partial charge in [0.15, 0.2) is 0 Å². The molecule has 2 atom stereocenters. The molecule has 1 aromatic carbocycles. The van der Waals surface area contributed by atoms with Crippen molar-refractivity contribution in [3.8, 4) is 0 Å². The maximum Gasteiger partial charge on any atom is 0.309 e. The maximum atomic E-state index is 13.0. The van der Waals surface area contributed by atoms with E-state index >= 15 is 0 Å². The maximum absolute atomic E-state index is 13.0. The standard InChI is InChI=1S/C18H24FN3O3/c1-20-9-14(18(24)25)10-21-6-7-22(12-16(21)11-20)17(23)8-13-2-4-15(19)5-3-13/h2-5,14,16H,6-12H2,1H3,(H,24,25)/t14-,16+/m1/s1. The number of carbonyl (C=O) groups is 2. The average molecular weight is 349 g/mol. The molecule has 3 rings (SSSR count). The van der Waals surface area contributed by atoms with Crippen molar-refractivity contribution in [1.82, 2.24) is 14.7 Å². The summed E-state index contributed by atoms with van der Waals surface area (Å²) in [5, 5.41) is 9.35. The number of rotatable bonds is 3. The molecule has 1 N–H and O–H groups in total. The molecule has 0 radical (unpaired) electrons. The third kappa shape index (κ3) is 4.35. The summed E-state index contributed by atoms with van der Waals surface area (Å²) in [5.41, 5.74) is 0.803. The molecule has 0 spiro atoms. The van der Waals surface area contributed by atoms with Gasteiger partial charge in [-0.15, -0.1) is 0 Å². The molecule has 0 aliphatic carbocycles. The van der Waals surface area contributed by atoms with Crippen LogP contribution >= 0.6 is 0 Å². The Hall–Kier alpha value is -1.99. The van der Waals surface area contributed by atoms with Gasteiger partial charge < -0.3 is 14.9 Å². The summed E-state index contributed by atoms with van der Waals surface area (Å²) in [6.07, 6.45) is 0.264. The van der Waals surface area contributed by atoms with Crippen LogP contribution < -0.4 is 0 Å². The van der Waals surface area contributed by atoms with Gasteiger partial charge in [0.05, 0.1) is 12.3 Å². The first-order valence-electron chi connectivity index (χ1n) is 8.60. The number of hydrogen-bond acceptors (Lipinski definition) is 4. The zero-order valence-electron chi connectivity index (χ0n) is 14.4. The van der Waals surface area contributed by atoms with Crippen LogP contribution in [0.2, 0.25) is 0 Å². The lowest BCUT2D eigenvalue weighted by atomic mass is 10.1. The number of carboxylic acid groups (broad SMARTS) is 1. The monoisotopic (exact) mass is 349 g/mol. The van der Waals surface area contributed by atoms with Crippen molar-refractivity contribution in [2.75, 3.05) is 46.3 Å². The third-order valence-corrected chi connectivity index (χ3v) is 5.08. The Balaban J connectivity index is 1.62. The van der Waals surface area contributed by atoms with Gasteiger partial charge in [0, 0.05) is 45.3 Å². The first-order valence-corrected chi connectivity index (χ1v) is 8.60. The van der Waals surface area contributed by atoms with Gasteiger partial charge >= 0.3 is 5.97 Å². The number of aliphatic carboxylic acids is 1. The Morgan fingerprint density at radius 1 is 1.12 bits per heavy atom. The first kappa shape index (κ1) is 17.8. The van der Waals surface area contributed by atoms with Crippen LogP contribution in [0, 0.1) is 11.7 Å². The van der Waals surface area contributed by atoms with Crippen LogP contribution in [-0.2, 0) is 16.0 Å². The van der Waals surface area contributed by atoms with Crippen molar-refractivity contribution in [3.05, 3.63) is 35.6 Å². The predicted molar refractivity (Wildman–Crippen MR) is 90.7 cm³/mol. The number of carbonyl (C=O) groups excluding carboxylic acids is 1. The molecule has 136 valence electrons. The molecule has 6 nitrogen and oxygen atoms in total. The summed E-state index contributed by atoms with van der Waals surface area (Å²) in [4.78, 5) is 30.0. The van der Waals surface area contributed by atoms with Crippen molar-refractivity contribution < 1.29 is 19.1 Å². The van der Waals surface area contributed by atoms with Crippen LogP contribution in [0.15, 0.2) is 24.3 Å². The summed E-state index contributed by atoms with van der Waals surface area (Å²) in [6, 6.07) is 6.17. The molecular formula is C18H24FN3O3. The summed E-state index contributed by atoms with van der Waals surface area (Å²) < 4.78 is 13.0. The Morgan fingerprint density at radius 2 is 1.84 bits per heavy atom. The Kier molecular flexibility index (Phi) is 5.34. The second-order valence-corrected chi connectivity index (χ2v) is 7.05. The number of hydrogen-bond donors (Lipinski definition) is 1. The lowest BCUT2D eigenvalue weighted by molar-refractivity contribution is -0.143. The largest absolute Gasteiger partial charge is 0.481 e. The fourth-order valence-electron chi connectivity index (χ4n) is 3.73. The van der Waals surface area contributed by atoms with Crippen molar-refractivity contribution in [1.29, 1.82) is 0 Å². The van der Waals surface area contributed by atoms with E-state index in [1.54, 1.807) is 12.1 Å². The van der Waals surface area contributed by atoms with Crippen LogP contribution in [0.3, 0.4) is 0 Å². The number of halogens is 1. The molecule has 0 aromatic heterocycles. The Morgan fingerprint density at radius 3 is 2.52 bits per heavy atom. The number of piperazine rings is 1. The van der Waals surface area contributed by atoms with E-state index < -0.39 is 11.9 Å². The lowest BCUT2D eigenvalue weighted by Gasteiger charge is -2.41. The van der Waals surface area contributed by atoms with Crippen LogP contribution in [-0.4, -0.2) is 84.0 Å². The SMILES string of the molecule is CN1C[C@@H](C(=O)O)CN2CCN(C(=O)Cc3ccc(F)cc3)C[C@@H]2C1. The number of fused-ring (bicyclic) bond motifs is 1. The van der Waals surface area contributed by atoms with Gasteiger partial charge in [0.2, 0.25) is 5.91 Å². The number of amides is 1. The van der Waals surface area contributed by atoms with Crippen LogP contribution in [0.25, 0.3) is 0 Å². The minimum atomic E-state index is -0.762. The second-order valence-electron chi connectivity index (χ2n) is 7.05. The van der Waals surface area contributed by atoms with Gasteiger partial charge in [-0.2, -0.15) is 0 Å². The average Bonchev–Trinajstić information content (AvgIpc) is 2.74. The van der Waals surface area contributed by atoms with Gasteiger partial charge in [-0.25, -0.2) is 4.39 Å². The number of benzene rings is 1. The van der Waals surface area contributed by atoms with E-state index in [0.717, 1.165) is 12.1 Å². The number of likely N-dealkylation sites (N-methyl/N-ethyl adjacent to an activating group) is 1. The summed E-state index contributed by atoms with van der Waals surface area (Å²) >= 11 is 0. The smallest absolute Gasteiger partial charge is 0.309 e. The highest BCUT2D eigenvalue weighted by Gasteiger charge is 2.36. The fraction of sp³-hybridized carbons (Fsp3) is 0.556. The topological polar surface area (TPSA) is 64.1 Å². The van der Waals surface area contributed by atoms with Gasteiger partial charge in [-0.3, -0.25) is 14.5 Å². The quantitative estimate of drug-likeness (QED) is 0.862. The van der Waals surface area contributed by atoms with E-state index in [1.807, 2.05) is 16.8 Å². The highest BCUT2D eigenvalue weighted by atomic mass is 19.1. The molecule has 1 aromatic rings. The molecule has 2 aliphatic heterocycles. The summed E-state index contributed by atoms with van der Waals surface area (Å²) in [5.74, 6) is -1.42. The van der Waals surface area contributed by atoms with Crippen molar-refractivity contribution in [3.63, 3.8) is 0 Å². The summed E-state index contributed by atoms with van der Waals surface area (Å²) in [6.45, 7) is 3.72. The van der Waals surface area contributed by atoms with E-state index in [9.17, 15) is 19.1 Å². The highest BCUT2D eigenvalue weighted by Crippen LogP contribution is 2.19. The van der Waals surface area contributed by atoms with Crippen LogP contribution in [0.1, 0.15) is 5.56 Å². The third-order valence-electron chi connectivity index (χ3n) is 5.08. The predicted octanol–water partition coefficient (Wildman–Crippen LogP) is 0.527. The van der Waals surface area contributed by atoms with E-state index in [4.69, 9.17) is 0 Å². The molecule has 0 unspecified atom stereocenters. The second kappa shape index (κ2) is 7.49. The van der Waals surface area contributed by atoms with E-state index in [-0.39, 0.29) is 24.2 Å². The summed E-state index contributed by atoms with van der Waals surface area (Å²) in [7, 11) is 1.93. The van der Waals surface area contributed by atoms with E-state index in [0.29, 0.717) is 32.7 Å². The van der Waals surface area contributed by atoms with Crippen molar-refractivity contribution in [2.45, 2.75) is 12.5 Å². The van der Waals surface area contributed by atoms with Gasteiger partial charge in [0.25, 0.3) is 0 Å². The van der Waals surface area contributed by atoms with Gasteiger partial charge in [0.1, 0.15) is 5.82 Å². The van der Waals surface area contributed by atoms with Gasteiger partial charge in [-0.1, -0.05) is 12.1 Å². The van der Waals surface area contributed by atoms with Crippen LogP contribution in [0.4, 0.5) is 4.39 Å². The molecule has 7 heteroatoms. The molecular weight excluding hydrogens is 325 g/mol. The molecule has 2 fully saturated rings. The van der Waals surface area contributed by atoms with E-state index in [2.05, 4.69) is 4.90 Å². The fourth-order valence-corrected chi connectivity index (χ4v) is 3.73. The zero-order valence-corrected chi connectivity index (χ0v) is 14.4. The molecule has 2 aliphatic rings. The normalized spacial score (nSPS) is 25.3. The van der Waals surface area contributed by atoms with E-state index in [1.165, 1.54) is 12.1 Å². The molecule has 25 heavy (non-hydrogen) atoms. The molecule has 0 saturated carbocycles. The first-order chi connectivity index (χ1) is 11.9. The molecule has 0 bridgehead atoms. The number of carboxylic acids is 1. The number of nitrogens with zero attached hydrogens (tertiary/aromatic N) is 3. The minimum absolute atomic E-state index is 0.0351. The molecule has 2 saturated heterocycles. The van der Waals surface area contributed by atoms with Crippen LogP contribution in [0.5, 0.6) is 0 Å². The minimum Gasteiger partial charge on any atom is -0.481 e. The van der Waals surface area contributed by atoms with Gasteiger partial charge in [-0.05, 0) is 24.7 Å². The van der Waals surface area contributed by atoms with Crippen molar-refractivity contribution >= 4 is 11.9 Å². The zero-order chi connectivity index (χ0) is 18.0. The highest BCUT2D eigenvalue weighted by molar-refractivity contribution is 5.79. The lowest BCUT2D eigenvalue weighted by Crippen LogP contribution is -2.57. The molecule has 2 heterocycles. The molecule has 1 amide bonds. The Labute approximate surface area is 146 Å². The van der Waals surface area contributed by atoms with Crippen molar-refractivity contribution in [2.24, 2.45) is 5.92 Å².